The summed E-state index contributed by atoms with van der Waals surface area (Å²) < 4.78 is 2.59. The van der Waals surface area contributed by atoms with Gasteiger partial charge in [0.1, 0.15) is 0 Å². The number of hydrogen-bond acceptors (Lipinski definition) is 2. The Bertz CT molecular complexity index is 497. The van der Waals surface area contributed by atoms with Gasteiger partial charge in [0.2, 0.25) is 5.88 Å². The van der Waals surface area contributed by atoms with E-state index in [4.69, 9.17) is 0 Å². The lowest BCUT2D eigenvalue weighted by Gasteiger charge is -2.00. The third-order valence-corrected chi connectivity index (χ3v) is 2.05. The van der Waals surface area contributed by atoms with E-state index in [1.165, 1.54) is 15.3 Å². The van der Waals surface area contributed by atoms with Crippen LogP contribution in [-0.2, 0) is 7.05 Å². The summed E-state index contributed by atoms with van der Waals surface area (Å²) in [4.78, 5) is 11.6. The smallest absolute Gasteiger partial charge is 0.335 e. The first-order valence-corrected chi connectivity index (χ1v) is 4.23. The molecule has 0 aliphatic heterocycles. The number of aromatic hydroxyl groups is 1. The summed E-state index contributed by atoms with van der Waals surface area (Å²) in [6.45, 7) is 0. The Morgan fingerprint density at radius 1 is 1.21 bits per heavy atom. The molecule has 72 valence electrons. The second-order valence-corrected chi connectivity index (χ2v) is 3.05. The highest BCUT2D eigenvalue weighted by Gasteiger charge is 2.08. The molecule has 4 heteroatoms. The standard InChI is InChI=1S/C10H10N2O2/c1-11-7-9(13)12(10(11)14)8-5-3-2-4-6-8/h2-7,13H,1H3. The van der Waals surface area contributed by atoms with Gasteiger partial charge in [0.15, 0.2) is 0 Å². The van der Waals surface area contributed by atoms with Crippen LogP contribution in [0, 0.1) is 0 Å². The summed E-state index contributed by atoms with van der Waals surface area (Å²) in [6.07, 6.45) is 1.38. The van der Waals surface area contributed by atoms with E-state index < -0.39 is 0 Å². The van der Waals surface area contributed by atoms with Crippen molar-refractivity contribution in [1.82, 2.24) is 9.13 Å². The van der Waals surface area contributed by atoms with E-state index in [-0.39, 0.29) is 11.6 Å². The quantitative estimate of drug-likeness (QED) is 0.725. The monoisotopic (exact) mass is 190 g/mol. The number of imidazole rings is 1. The van der Waals surface area contributed by atoms with Crippen LogP contribution in [-0.4, -0.2) is 14.2 Å². The maximum absolute atomic E-state index is 11.6. The summed E-state index contributed by atoms with van der Waals surface area (Å²) in [7, 11) is 1.60. The Kier molecular flexibility index (Phi) is 1.89. The van der Waals surface area contributed by atoms with Crippen molar-refractivity contribution in [2.24, 2.45) is 7.05 Å². The predicted molar refractivity (Wildman–Crippen MR) is 52.7 cm³/mol. The van der Waals surface area contributed by atoms with Crippen molar-refractivity contribution >= 4 is 0 Å². The molecular formula is C10H10N2O2. The lowest BCUT2D eigenvalue weighted by molar-refractivity contribution is 0.441. The molecule has 0 saturated carbocycles. The fourth-order valence-electron chi connectivity index (χ4n) is 1.36. The molecule has 0 unspecified atom stereocenters. The summed E-state index contributed by atoms with van der Waals surface area (Å²) >= 11 is 0. The molecule has 0 aliphatic carbocycles. The van der Waals surface area contributed by atoms with Crippen LogP contribution < -0.4 is 5.69 Å². The number of hydrogen-bond donors (Lipinski definition) is 1. The molecule has 1 aromatic carbocycles. The third kappa shape index (κ3) is 1.21. The van der Waals surface area contributed by atoms with Gasteiger partial charge in [-0.2, -0.15) is 0 Å². The van der Waals surface area contributed by atoms with Crippen molar-refractivity contribution in [2.75, 3.05) is 0 Å². The first kappa shape index (κ1) is 8.62. The van der Waals surface area contributed by atoms with E-state index in [1.807, 2.05) is 18.2 Å². The Hall–Kier alpha value is -1.97. The van der Waals surface area contributed by atoms with Crippen molar-refractivity contribution in [1.29, 1.82) is 0 Å². The van der Waals surface area contributed by atoms with Gasteiger partial charge in [-0.1, -0.05) is 18.2 Å². The normalized spacial score (nSPS) is 10.4. The Labute approximate surface area is 80.7 Å². The summed E-state index contributed by atoms with van der Waals surface area (Å²) in [5.41, 5.74) is 0.407. The molecule has 0 radical (unpaired) electrons. The van der Waals surface area contributed by atoms with Crippen LogP contribution in [0.1, 0.15) is 0 Å². The number of aryl methyl sites for hydroxylation is 1. The Morgan fingerprint density at radius 3 is 2.36 bits per heavy atom. The van der Waals surface area contributed by atoms with Gasteiger partial charge in [-0.25, -0.2) is 9.36 Å². The highest BCUT2D eigenvalue weighted by molar-refractivity contribution is 5.34. The van der Waals surface area contributed by atoms with Crippen molar-refractivity contribution < 1.29 is 5.11 Å². The topological polar surface area (TPSA) is 47.2 Å². The predicted octanol–water partition coefficient (Wildman–Crippen LogP) is 0.882. The molecule has 2 rings (SSSR count). The van der Waals surface area contributed by atoms with E-state index >= 15 is 0 Å². The largest absolute Gasteiger partial charge is 0.493 e. The van der Waals surface area contributed by atoms with E-state index in [9.17, 15) is 9.90 Å². The van der Waals surface area contributed by atoms with Crippen LogP contribution in [0.5, 0.6) is 5.88 Å². The minimum absolute atomic E-state index is 0.0521. The van der Waals surface area contributed by atoms with Gasteiger partial charge >= 0.3 is 5.69 Å². The fourth-order valence-corrected chi connectivity index (χ4v) is 1.36. The molecule has 1 N–H and O–H groups in total. The first-order chi connectivity index (χ1) is 6.70. The average Bonchev–Trinajstić information content (AvgIpc) is 2.43. The number of nitrogens with zero attached hydrogens (tertiary/aromatic N) is 2. The molecule has 1 aromatic heterocycles. The first-order valence-electron chi connectivity index (χ1n) is 4.23. The molecule has 0 aliphatic rings. The molecule has 1 heterocycles. The molecule has 0 fully saturated rings. The molecule has 0 spiro atoms. The second-order valence-electron chi connectivity index (χ2n) is 3.05. The molecule has 4 nitrogen and oxygen atoms in total. The number of rotatable bonds is 1. The van der Waals surface area contributed by atoms with Crippen LogP contribution in [0.2, 0.25) is 0 Å². The Morgan fingerprint density at radius 2 is 1.86 bits per heavy atom. The zero-order chi connectivity index (χ0) is 10.1. The van der Waals surface area contributed by atoms with E-state index in [1.54, 1.807) is 19.2 Å². The van der Waals surface area contributed by atoms with Gasteiger partial charge in [0, 0.05) is 7.05 Å². The summed E-state index contributed by atoms with van der Waals surface area (Å²) in [6, 6.07) is 9.01. The van der Waals surface area contributed by atoms with E-state index in [0.717, 1.165) is 0 Å². The molecule has 0 bridgehead atoms. The van der Waals surface area contributed by atoms with Crippen LogP contribution in [0.25, 0.3) is 5.69 Å². The molecule has 2 aromatic rings. The molecule has 0 amide bonds. The molecule has 14 heavy (non-hydrogen) atoms. The SMILES string of the molecule is Cn1cc(O)n(-c2ccccc2)c1=O. The highest BCUT2D eigenvalue weighted by atomic mass is 16.3. The van der Waals surface area contributed by atoms with Gasteiger partial charge in [0.05, 0.1) is 11.9 Å². The van der Waals surface area contributed by atoms with E-state index in [2.05, 4.69) is 0 Å². The minimum atomic E-state index is -0.256. The Balaban J connectivity index is 2.69. The van der Waals surface area contributed by atoms with Gasteiger partial charge in [0.25, 0.3) is 0 Å². The maximum atomic E-state index is 11.6. The minimum Gasteiger partial charge on any atom is -0.493 e. The highest BCUT2D eigenvalue weighted by Crippen LogP contribution is 2.12. The van der Waals surface area contributed by atoms with Gasteiger partial charge < -0.3 is 5.11 Å². The van der Waals surface area contributed by atoms with Crippen LogP contribution in [0.4, 0.5) is 0 Å². The molecular weight excluding hydrogens is 180 g/mol. The van der Waals surface area contributed by atoms with Gasteiger partial charge in [-0.3, -0.25) is 4.57 Å². The number of aromatic nitrogens is 2. The molecule has 0 saturated heterocycles. The fraction of sp³-hybridized carbons (Fsp3) is 0.100. The zero-order valence-corrected chi connectivity index (χ0v) is 7.71. The number of para-hydroxylation sites is 1. The van der Waals surface area contributed by atoms with E-state index in [0.29, 0.717) is 5.69 Å². The number of benzene rings is 1. The lowest BCUT2D eigenvalue weighted by Crippen LogP contribution is -2.20. The van der Waals surface area contributed by atoms with Crippen LogP contribution in [0.15, 0.2) is 41.3 Å². The van der Waals surface area contributed by atoms with Crippen molar-refractivity contribution in [3.8, 4) is 11.6 Å². The third-order valence-electron chi connectivity index (χ3n) is 2.05. The summed E-state index contributed by atoms with van der Waals surface area (Å²) in [5.74, 6) is -0.0521. The summed E-state index contributed by atoms with van der Waals surface area (Å²) in [5, 5.41) is 9.51. The average molecular weight is 190 g/mol. The van der Waals surface area contributed by atoms with Gasteiger partial charge in [-0.05, 0) is 12.1 Å². The lowest BCUT2D eigenvalue weighted by atomic mass is 10.3. The van der Waals surface area contributed by atoms with Crippen molar-refractivity contribution in [3.63, 3.8) is 0 Å². The van der Waals surface area contributed by atoms with Crippen molar-refractivity contribution in [2.45, 2.75) is 0 Å². The van der Waals surface area contributed by atoms with Crippen LogP contribution in [0.3, 0.4) is 0 Å². The van der Waals surface area contributed by atoms with Crippen molar-refractivity contribution in [3.05, 3.63) is 47.0 Å². The second kappa shape index (κ2) is 3.06. The maximum Gasteiger partial charge on any atom is 0.335 e. The molecule has 0 atom stereocenters. The zero-order valence-electron chi connectivity index (χ0n) is 7.71. The van der Waals surface area contributed by atoms with Crippen LogP contribution >= 0.6 is 0 Å². The van der Waals surface area contributed by atoms with Gasteiger partial charge in [-0.15, -0.1) is 0 Å².